The number of aliphatic hydroxyl groups excluding tert-OH is 4. The van der Waals surface area contributed by atoms with Gasteiger partial charge in [0.15, 0.2) is 0 Å². The lowest BCUT2D eigenvalue weighted by molar-refractivity contribution is 0.0177. The van der Waals surface area contributed by atoms with E-state index in [0.717, 1.165) is 64.8 Å². The Hall–Kier alpha value is -0.103. The first kappa shape index (κ1) is 43.0. The zero-order valence-electron chi connectivity index (χ0n) is 24.7. The molecule has 0 saturated heterocycles. The van der Waals surface area contributed by atoms with Crippen LogP contribution in [0.3, 0.4) is 0 Å². The highest BCUT2D eigenvalue weighted by molar-refractivity contribution is 6.08. The van der Waals surface area contributed by atoms with Crippen molar-refractivity contribution in [3.63, 3.8) is 0 Å². The molecule has 0 aliphatic heterocycles. The second-order valence-electron chi connectivity index (χ2n) is 8.47. The summed E-state index contributed by atoms with van der Waals surface area (Å²) in [6.45, 7) is 15.8. The van der Waals surface area contributed by atoms with Crippen LogP contribution in [-0.2, 0) is 18.9 Å². The quantitative estimate of drug-likeness (QED) is 0.121. The summed E-state index contributed by atoms with van der Waals surface area (Å²) in [7, 11) is 1.39. The smallest absolute Gasteiger partial charge is 0.0797 e. The van der Waals surface area contributed by atoms with Crippen LogP contribution in [0.1, 0.15) is 86.0 Å². The first-order valence-electron chi connectivity index (χ1n) is 14.3. The normalized spacial score (nSPS) is 11.9. The third-order valence-corrected chi connectivity index (χ3v) is 5.83. The van der Waals surface area contributed by atoms with Crippen LogP contribution in [0.5, 0.6) is 0 Å². The van der Waals surface area contributed by atoms with Crippen LogP contribution in [0, 0.1) is 5.92 Å². The van der Waals surface area contributed by atoms with E-state index in [4.69, 9.17) is 34.3 Å². The number of hydrogen-bond donors (Lipinski definition) is 4. The van der Waals surface area contributed by atoms with Gasteiger partial charge in [-0.3, -0.25) is 0 Å². The van der Waals surface area contributed by atoms with Gasteiger partial charge in [0.25, 0.3) is 0 Å². The number of rotatable bonds is 22. The van der Waals surface area contributed by atoms with Crippen molar-refractivity contribution < 1.29 is 39.4 Å². The average molecular weight is 545 g/mol. The van der Waals surface area contributed by atoms with Crippen molar-refractivity contribution in [2.75, 3.05) is 72.7 Å². The minimum Gasteiger partial charge on any atom is -0.394 e. The van der Waals surface area contributed by atoms with E-state index < -0.39 is 6.10 Å². The van der Waals surface area contributed by atoms with E-state index in [-0.39, 0.29) is 25.7 Å². The summed E-state index contributed by atoms with van der Waals surface area (Å²) in [6, 6.07) is 1.46. The van der Waals surface area contributed by atoms with Gasteiger partial charge < -0.3 is 39.4 Å². The standard InChI is InChI=1S/C12H26O4.2C6H14O2.C3H10Si/c1-3-4-6-15-8-9-16-7-5-11(2)12(14)10-13;2*1-2-3-5-8-6-4-7;1-2-3-4/h11-14H,3-10H2,1-2H3;2*7H,2-6H2,1H3;2-3H2,1,4H3. The van der Waals surface area contributed by atoms with Crippen LogP contribution in [0.2, 0.25) is 6.04 Å². The van der Waals surface area contributed by atoms with Gasteiger partial charge >= 0.3 is 0 Å². The summed E-state index contributed by atoms with van der Waals surface area (Å²) in [5.74, 6) is 0.0750. The van der Waals surface area contributed by atoms with Crippen LogP contribution in [0.25, 0.3) is 0 Å². The average Bonchev–Trinajstić information content (AvgIpc) is 2.91. The van der Waals surface area contributed by atoms with Gasteiger partial charge in [-0.2, -0.15) is 0 Å². The molecule has 0 saturated carbocycles. The maximum Gasteiger partial charge on any atom is 0.0797 e. The lowest BCUT2D eigenvalue weighted by Gasteiger charge is -2.16. The third kappa shape index (κ3) is 50.7. The molecule has 0 spiro atoms. The topological polar surface area (TPSA) is 118 Å². The first-order valence-corrected chi connectivity index (χ1v) is 15.7. The summed E-state index contributed by atoms with van der Waals surface area (Å²) in [5.41, 5.74) is 0. The van der Waals surface area contributed by atoms with Crippen LogP contribution < -0.4 is 0 Å². The van der Waals surface area contributed by atoms with Gasteiger partial charge in [0.05, 0.1) is 52.4 Å². The second-order valence-corrected chi connectivity index (χ2v) is 9.47. The van der Waals surface area contributed by atoms with Gasteiger partial charge in [0.2, 0.25) is 0 Å². The maximum absolute atomic E-state index is 9.30. The highest BCUT2D eigenvalue weighted by Gasteiger charge is 2.12. The molecular formula is C27H64O8Si. The minimum atomic E-state index is -0.635. The molecule has 224 valence electrons. The molecule has 9 heteroatoms. The fourth-order valence-corrected chi connectivity index (χ4v) is 2.04. The van der Waals surface area contributed by atoms with E-state index in [1.165, 1.54) is 22.7 Å². The maximum atomic E-state index is 9.30. The fourth-order valence-electron chi connectivity index (χ4n) is 2.04. The van der Waals surface area contributed by atoms with Crippen molar-refractivity contribution >= 4 is 10.2 Å². The van der Waals surface area contributed by atoms with E-state index in [0.29, 0.717) is 33.0 Å². The molecule has 4 N–H and O–H groups in total. The van der Waals surface area contributed by atoms with Crippen LogP contribution in [-0.4, -0.2) is 109 Å². The lowest BCUT2D eigenvalue weighted by Crippen LogP contribution is -2.23. The molecule has 2 unspecified atom stereocenters. The third-order valence-electron chi connectivity index (χ3n) is 4.83. The van der Waals surface area contributed by atoms with Gasteiger partial charge in [-0.15, -0.1) is 0 Å². The van der Waals surface area contributed by atoms with Gasteiger partial charge in [0.1, 0.15) is 0 Å². The van der Waals surface area contributed by atoms with Gasteiger partial charge in [-0.1, -0.05) is 66.3 Å². The van der Waals surface area contributed by atoms with Crippen LogP contribution in [0.15, 0.2) is 0 Å². The zero-order valence-corrected chi connectivity index (χ0v) is 26.7. The fraction of sp³-hybridized carbons (Fsp3) is 1.00. The van der Waals surface area contributed by atoms with E-state index in [9.17, 15) is 5.11 Å². The Morgan fingerprint density at radius 3 is 1.25 bits per heavy atom. The summed E-state index contributed by atoms with van der Waals surface area (Å²) in [6.07, 6.45) is 8.26. The van der Waals surface area contributed by atoms with Crippen molar-refractivity contribution in [3.05, 3.63) is 0 Å². The molecular weight excluding hydrogens is 480 g/mol. The van der Waals surface area contributed by atoms with Crippen molar-refractivity contribution in [1.82, 2.24) is 0 Å². The Balaban J connectivity index is -0.000000215. The zero-order chi connectivity index (χ0) is 28.1. The van der Waals surface area contributed by atoms with Gasteiger partial charge in [-0.05, 0) is 31.6 Å². The molecule has 0 radical (unpaired) electrons. The summed E-state index contributed by atoms with van der Waals surface area (Å²) < 4.78 is 20.6. The van der Waals surface area contributed by atoms with Gasteiger partial charge in [-0.25, -0.2) is 0 Å². The Morgan fingerprint density at radius 2 is 0.944 bits per heavy atom. The van der Waals surface area contributed by atoms with Crippen molar-refractivity contribution in [1.29, 1.82) is 0 Å². The van der Waals surface area contributed by atoms with Crippen molar-refractivity contribution in [3.8, 4) is 0 Å². The van der Waals surface area contributed by atoms with Crippen LogP contribution >= 0.6 is 0 Å². The molecule has 0 fully saturated rings. The number of unbranched alkanes of at least 4 members (excludes halogenated alkanes) is 3. The largest absolute Gasteiger partial charge is 0.394 e. The molecule has 2 atom stereocenters. The number of aliphatic hydroxyl groups is 4. The SMILES string of the molecule is CCCCOCCO.CCCCOCCO.CCCCOCCOCCC(C)C(O)CO.CCC[SiH3]. The predicted octanol–water partition coefficient (Wildman–Crippen LogP) is 2.97. The second kappa shape index (κ2) is 44.9. The van der Waals surface area contributed by atoms with E-state index in [1.807, 2.05) is 6.92 Å². The number of ether oxygens (including phenoxy) is 4. The van der Waals surface area contributed by atoms with Gasteiger partial charge in [0, 0.05) is 36.7 Å². The van der Waals surface area contributed by atoms with E-state index >= 15 is 0 Å². The molecule has 0 amide bonds. The Morgan fingerprint density at radius 1 is 0.583 bits per heavy atom. The monoisotopic (exact) mass is 544 g/mol. The molecule has 0 aromatic rings. The highest BCUT2D eigenvalue weighted by atomic mass is 28.1. The van der Waals surface area contributed by atoms with Crippen molar-refractivity contribution in [2.24, 2.45) is 5.92 Å². The molecule has 0 bridgehead atoms. The molecule has 0 aliphatic carbocycles. The molecule has 0 aromatic carbocycles. The highest BCUT2D eigenvalue weighted by Crippen LogP contribution is 2.07. The number of hydrogen-bond acceptors (Lipinski definition) is 8. The molecule has 0 heterocycles. The van der Waals surface area contributed by atoms with E-state index in [2.05, 4.69) is 27.7 Å². The van der Waals surface area contributed by atoms with Crippen molar-refractivity contribution in [2.45, 2.75) is 98.1 Å². The minimum absolute atomic E-state index is 0.0750. The van der Waals surface area contributed by atoms with Crippen LogP contribution in [0.4, 0.5) is 0 Å². The summed E-state index contributed by atoms with van der Waals surface area (Å²) in [4.78, 5) is 0. The molecule has 0 aromatic heterocycles. The predicted molar refractivity (Wildman–Crippen MR) is 154 cm³/mol. The molecule has 36 heavy (non-hydrogen) atoms. The Labute approximate surface area is 226 Å². The summed E-state index contributed by atoms with van der Waals surface area (Å²) in [5, 5.41) is 34.5. The summed E-state index contributed by atoms with van der Waals surface area (Å²) >= 11 is 0. The molecule has 8 nitrogen and oxygen atoms in total. The Bertz CT molecular complexity index is 302. The molecule has 0 rings (SSSR count). The van der Waals surface area contributed by atoms with E-state index in [1.54, 1.807) is 0 Å². The Kier molecular flexibility index (Phi) is 53.5. The lowest BCUT2D eigenvalue weighted by atomic mass is 10.0. The molecule has 0 aliphatic rings. The first-order chi connectivity index (χ1) is 17.5.